The summed E-state index contributed by atoms with van der Waals surface area (Å²) in [4.78, 5) is 17.3. The van der Waals surface area contributed by atoms with Crippen molar-refractivity contribution in [3.63, 3.8) is 0 Å². The maximum absolute atomic E-state index is 11.8. The quantitative estimate of drug-likeness (QED) is 0.876. The number of nitrogens with one attached hydrogen (secondary N) is 1. The Labute approximate surface area is 119 Å². The molecule has 0 unspecified atom stereocenters. The molecule has 1 atom stereocenters. The Morgan fingerprint density at radius 2 is 2.11 bits per heavy atom. The predicted molar refractivity (Wildman–Crippen MR) is 79.5 cm³/mol. The number of amides is 1. The first kappa shape index (κ1) is 17.4. The van der Waals surface area contributed by atoms with Gasteiger partial charge in [0.1, 0.15) is 0 Å². The average Bonchev–Trinajstić information content (AvgIpc) is 2.57. The molecule has 0 bridgehead atoms. The zero-order valence-corrected chi connectivity index (χ0v) is 13.0. The van der Waals surface area contributed by atoms with Crippen molar-refractivity contribution in [3.05, 3.63) is 10.6 Å². The lowest BCUT2D eigenvalue weighted by Gasteiger charge is -2.12. The lowest BCUT2D eigenvalue weighted by atomic mass is 10.0. The second kappa shape index (κ2) is 7.71. The van der Waals surface area contributed by atoms with Gasteiger partial charge in [0.15, 0.2) is 5.13 Å². The number of carbonyl (C=O) groups is 1. The van der Waals surface area contributed by atoms with Crippen molar-refractivity contribution in [3.8, 4) is 0 Å². The van der Waals surface area contributed by atoms with E-state index in [4.69, 9.17) is 5.73 Å². The molecule has 1 aromatic heterocycles. The molecule has 0 aliphatic rings. The standard InChI is InChI=1S/C12H21N3OS.ClH/c1-5-10-8(4)17-12(14-10)15-11(16)9(13)6-7(2)3;/h7,9H,5-6,13H2,1-4H3,(H,14,15,16);1H/t9-;/m0./s1. The van der Waals surface area contributed by atoms with Crippen molar-refractivity contribution in [2.45, 2.75) is 46.6 Å². The zero-order chi connectivity index (χ0) is 13.0. The number of carbonyl (C=O) groups excluding carboxylic acids is 1. The zero-order valence-electron chi connectivity index (χ0n) is 11.3. The Bertz CT molecular complexity index is 393. The molecule has 1 heterocycles. The average molecular weight is 292 g/mol. The molecule has 0 radical (unpaired) electrons. The van der Waals surface area contributed by atoms with E-state index in [1.165, 1.54) is 11.3 Å². The van der Waals surface area contributed by atoms with Crippen molar-refractivity contribution < 1.29 is 4.79 Å². The first-order chi connectivity index (χ1) is 7.93. The smallest absolute Gasteiger partial charge is 0.243 e. The highest BCUT2D eigenvalue weighted by Gasteiger charge is 2.17. The monoisotopic (exact) mass is 291 g/mol. The minimum absolute atomic E-state index is 0. The Morgan fingerprint density at radius 1 is 1.50 bits per heavy atom. The van der Waals surface area contributed by atoms with Crippen LogP contribution in [0, 0.1) is 12.8 Å². The number of aryl methyl sites for hydroxylation is 2. The summed E-state index contributed by atoms with van der Waals surface area (Å²) < 4.78 is 0. The molecule has 18 heavy (non-hydrogen) atoms. The van der Waals surface area contributed by atoms with Gasteiger partial charge in [0.25, 0.3) is 0 Å². The summed E-state index contributed by atoms with van der Waals surface area (Å²) >= 11 is 1.50. The third-order valence-corrected chi connectivity index (χ3v) is 3.45. The largest absolute Gasteiger partial charge is 0.320 e. The minimum atomic E-state index is -0.454. The highest BCUT2D eigenvalue weighted by Crippen LogP contribution is 2.22. The van der Waals surface area contributed by atoms with Crippen LogP contribution >= 0.6 is 23.7 Å². The van der Waals surface area contributed by atoms with E-state index in [2.05, 4.69) is 31.1 Å². The third-order valence-electron chi connectivity index (χ3n) is 2.52. The van der Waals surface area contributed by atoms with Gasteiger partial charge in [-0.2, -0.15) is 0 Å². The van der Waals surface area contributed by atoms with Gasteiger partial charge >= 0.3 is 0 Å². The highest BCUT2D eigenvalue weighted by atomic mass is 35.5. The molecule has 104 valence electrons. The number of thiazole rings is 1. The Balaban J connectivity index is 0.00000289. The first-order valence-corrected chi connectivity index (χ1v) is 6.78. The van der Waals surface area contributed by atoms with E-state index < -0.39 is 6.04 Å². The summed E-state index contributed by atoms with van der Waals surface area (Å²) in [6, 6.07) is -0.454. The molecule has 0 aliphatic carbocycles. The molecule has 1 amide bonds. The Kier molecular flexibility index (Phi) is 7.43. The van der Waals surface area contributed by atoms with Gasteiger partial charge in [0, 0.05) is 4.88 Å². The van der Waals surface area contributed by atoms with Gasteiger partial charge in [-0.1, -0.05) is 20.8 Å². The Morgan fingerprint density at radius 3 is 2.56 bits per heavy atom. The number of halogens is 1. The number of nitrogens with two attached hydrogens (primary N) is 1. The van der Waals surface area contributed by atoms with Gasteiger partial charge in [0.2, 0.25) is 5.91 Å². The number of rotatable bonds is 5. The molecule has 0 spiro atoms. The van der Waals surface area contributed by atoms with Crippen molar-refractivity contribution in [2.24, 2.45) is 11.7 Å². The van der Waals surface area contributed by atoms with Crippen molar-refractivity contribution in [1.29, 1.82) is 0 Å². The van der Waals surface area contributed by atoms with E-state index in [1.54, 1.807) is 0 Å². The number of aromatic nitrogens is 1. The van der Waals surface area contributed by atoms with E-state index in [9.17, 15) is 4.79 Å². The molecule has 0 fully saturated rings. The highest BCUT2D eigenvalue weighted by molar-refractivity contribution is 7.15. The van der Waals surface area contributed by atoms with Gasteiger partial charge in [-0.25, -0.2) is 4.98 Å². The van der Waals surface area contributed by atoms with E-state index in [-0.39, 0.29) is 18.3 Å². The van der Waals surface area contributed by atoms with Crippen LogP contribution in [0.4, 0.5) is 5.13 Å². The molecule has 6 heteroatoms. The van der Waals surface area contributed by atoms with Gasteiger partial charge in [-0.15, -0.1) is 23.7 Å². The fraction of sp³-hybridized carbons (Fsp3) is 0.667. The summed E-state index contributed by atoms with van der Waals surface area (Å²) in [5, 5.41) is 3.44. The summed E-state index contributed by atoms with van der Waals surface area (Å²) in [6.45, 7) is 8.17. The van der Waals surface area contributed by atoms with E-state index in [0.29, 0.717) is 17.5 Å². The summed E-state index contributed by atoms with van der Waals surface area (Å²) in [5.74, 6) is 0.273. The summed E-state index contributed by atoms with van der Waals surface area (Å²) in [6.07, 6.45) is 1.58. The van der Waals surface area contributed by atoms with Crippen molar-refractivity contribution >= 4 is 34.8 Å². The summed E-state index contributed by atoms with van der Waals surface area (Å²) in [5.41, 5.74) is 6.85. The van der Waals surface area contributed by atoms with E-state index in [1.807, 2.05) is 6.92 Å². The van der Waals surface area contributed by atoms with E-state index >= 15 is 0 Å². The molecule has 1 aromatic rings. The second-order valence-corrected chi connectivity index (χ2v) is 5.80. The van der Waals surface area contributed by atoms with Crippen molar-refractivity contribution in [1.82, 2.24) is 4.98 Å². The molecule has 0 saturated carbocycles. The van der Waals surface area contributed by atoms with Crippen LogP contribution in [0.3, 0.4) is 0 Å². The van der Waals surface area contributed by atoms with Gasteiger partial charge in [-0.05, 0) is 25.7 Å². The normalized spacial score (nSPS) is 12.1. The van der Waals surface area contributed by atoms with Gasteiger partial charge in [0.05, 0.1) is 11.7 Å². The fourth-order valence-corrected chi connectivity index (χ4v) is 2.53. The second-order valence-electron chi connectivity index (χ2n) is 4.60. The van der Waals surface area contributed by atoms with Crippen LogP contribution in [-0.4, -0.2) is 16.9 Å². The summed E-state index contributed by atoms with van der Waals surface area (Å²) in [7, 11) is 0. The van der Waals surface area contributed by atoms with Crippen LogP contribution in [0.15, 0.2) is 0 Å². The van der Waals surface area contributed by atoms with Crippen LogP contribution in [0.5, 0.6) is 0 Å². The maximum Gasteiger partial charge on any atom is 0.243 e. The minimum Gasteiger partial charge on any atom is -0.320 e. The molecule has 0 saturated heterocycles. The van der Waals surface area contributed by atoms with Crippen LogP contribution in [0.1, 0.15) is 37.8 Å². The maximum atomic E-state index is 11.8. The SMILES string of the molecule is CCc1nc(NC(=O)[C@@H](N)CC(C)C)sc1C.Cl. The molecule has 1 rings (SSSR count). The van der Waals surface area contributed by atoms with Gasteiger partial charge in [-0.3, -0.25) is 4.79 Å². The molecule has 0 aliphatic heterocycles. The van der Waals surface area contributed by atoms with E-state index in [0.717, 1.165) is 17.0 Å². The molecule has 3 N–H and O–H groups in total. The number of hydrogen-bond acceptors (Lipinski definition) is 4. The molecule has 0 aromatic carbocycles. The van der Waals surface area contributed by atoms with Crippen LogP contribution < -0.4 is 11.1 Å². The molecule has 4 nitrogen and oxygen atoms in total. The van der Waals surface area contributed by atoms with Crippen LogP contribution in [-0.2, 0) is 11.2 Å². The lowest BCUT2D eigenvalue weighted by molar-refractivity contribution is -0.117. The topological polar surface area (TPSA) is 68.0 Å². The number of anilines is 1. The number of nitrogens with zero attached hydrogens (tertiary/aromatic N) is 1. The van der Waals surface area contributed by atoms with Gasteiger partial charge < -0.3 is 11.1 Å². The molecular weight excluding hydrogens is 270 g/mol. The van der Waals surface area contributed by atoms with Crippen LogP contribution in [0.2, 0.25) is 0 Å². The molecular formula is C12H22ClN3OS. The van der Waals surface area contributed by atoms with Crippen molar-refractivity contribution in [2.75, 3.05) is 5.32 Å². The Hall–Kier alpha value is -0.650. The first-order valence-electron chi connectivity index (χ1n) is 5.96. The van der Waals surface area contributed by atoms with Crippen LogP contribution in [0.25, 0.3) is 0 Å². The third kappa shape index (κ3) is 4.92. The number of hydrogen-bond donors (Lipinski definition) is 2. The fourth-order valence-electron chi connectivity index (χ4n) is 1.62. The lowest BCUT2D eigenvalue weighted by Crippen LogP contribution is -2.36. The predicted octanol–water partition coefficient (Wildman–Crippen LogP) is 2.75.